The lowest BCUT2D eigenvalue weighted by atomic mass is 10.00. The summed E-state index contributed by atoms with van der Waals surface area (Å²) >= 11 is 0. The van der Waals surface area contributed by atoms with E-state index < -0.39 is 39.7 Å². The summed E-state index contributed by atoms with van der Waals surface area (Å²) in [6.45, 7) is 0.269. The summed E-state index contributed by atoms with van der Waals surface area (Å²) in [5.41, 5.74) is -5.50. The molecule has 2 unspecified atom stereocenters. The maximum absolute atomic E-state index is 12.3. The van der Waals surface area contributed by atoms with Crippen molar-refractivity contribution in [2.75, 3.05) is 6.54 Å². The molecule has 1 aliphatic heterocycles. The van der Waals surface area contributed by atoms with Crippen LogP contribution in [0.15, 0.2) is 11.8 Å². The number of rotatable bonds is 4. The minimum absolute atomic E-state index is 0.0897. The van der Waals surface area contributed by atoms with Gasteiger partial charge in [-0.2, -0.15) is 21.6 Å². The molecule has 1 heterocycles. The van der Waals surface area contributed by atoms with Gasteiger partial charge in [0.25, 0.3) is 0 Å². The van der Waals surface area contributed by atoms with Gasteiger partial charge in [-0.1, -0.05) is 0 Å². The predicted octanol–water partition coefficient (Wildman–Crippen LogP) is 1.55. The van der Waals surface area contributed by atoms with Gasteiger partial charge in [0.2, 0.25) is 5.91 Å². The first-order valence-corrected chi connectivity index (χ1v) is 8.92. The molecule has 0 saturated carbocycles. The van der Waals surface area contributed by atoms with E-state index >= 15 is 0 Å². The lowest BCUT2D eigenvalue weighted by molar-refractivity contribution is -0.125. The van der Waals surface area contributed by atoms with Gasteiger partial charge >= 0.3 is 21.7 Å². The van der Waals surface area contributed by atoms with E-state index in [4.69, 9.17) is 5.11 Å². The molecular formula is C13H17F3N2O6S. The van der Waals surface area contributed by atoms with Crippen molar-refractivity contribution in [3.05, 3.63) is 11.8 Å². The molecule has 0 radical (unpaired) electrons. The maximum Gasteiger partial charge on any atom is 0.534 e. The number of hydrogen-bond acceptors (Lipinski definition) is 5. The monoisotopic (exact) mass is 386 g/mol. The second-order valence-electron chi connectivity index (χ2n) is 5.77. The van der Waals surface area contributed by atoms with Gasteiger partial charge in [-0.05, 0) is 31.8 Å². The van der Waals surface area contributed by atoms with E-state index in [1.54, 1.807) is 0 Å². The second kappa shape index (κ2) is 7.10. The summed E-state index contributed by atoms with van der Waals surface area (Å²) in [7, 11) is -5.70. The first-order valence-electron chi connectivity index (χ1n) is 7.51. The van der Waals surface area contributed by atoms with Gasteiger partial charge in [-0.3, -0.25) is 9.69 Å². The van der Waals surface area contributed by atoms with E-state index in [-0.39, 0.29) is 31.6 Å². The van der Waals surface area contributed by atoms with Crippen LogP contribution in [0.4, 0.5) is 18.0 Å². The van der Waals surface area contributed by atoms with Gasteiger partial charge in [0, 0.05) is 19.0 Å². The number of allylic oxidation sites excluding steroid dienone is 1. The van der Waals surface area contributed by atoms with Gasteiger partial charge < -0.3 is 14.6 Å². The smallest absolute Gasteiger partial charge is 0.465 e. The molecule has 1 saturated heterocycles. The second-order valence-corrected chi connectivity index (χ2v) is 7.31. The number of nitrogens with zero attached hydrogens (tertiary/aromatic N) is 1. The maximum atomic E-state index is 12.3. The highest BCUT2D eigenvalue weighted by Crippen LogP contribution is 2.30. The highest BCUT2D eigenvalue weighted by atomic mass is 32.2. The first kappa shape index (κ1) is 19.3. The number of carbonyl (C=O) groups is 2. The van der Waals surface area contributed by atoms with Gasteiger partial charge in [0.1, 0.15) is 11.8 Å². The van der Waals surface area contributed by atoms with Crippen LogP contribution in [-0.2, 0) is 19.1 Å². The van der Waals surface area contributed by atoms with Crippen LogP contribution in [0.2, 0.25) is 0 Å². The molecule has 1 aliphatic carbocycles. The molecule has 2 rings (SSSR count). The Bertz CT molecular complexity index is 676. The molecule has 25 heavy (non-hydrogen) atoms. The molecule has 2 atom stereocenters. The molecule has 0 spiro atoms. The summed E-state index contributed by atoms with van der Waals surface area (Å²) in [5, 5.41) is 11.7. The fraction of sp³-hybridized carbons (Fsp3) is 0.692. The zero-order chi connectivity index (χ0) is 18.8. The average Bonchev–Trinajstić information content (AvgIpc) is 2.97. The van der Waals surface area contributed by atoms with E-state index in [1.165, 1.54) is 6.08 Å². The predicted molar refractivity (Wildman–Crippen MR) is 77.7 cm³/mol. The standard InChI is InChI=1S/C13H17F3N2O6S/c14-13(15,16)25(22,23)24-9-5-3-8(4-6-9)17-11(19)10-2-1-7-18(10)12(20)21/h5,8,10H,1-4,6-7H2,(H,17,19)(H,20,21). The molecule has 0 aromatic heterocycles. The zero-order valence-corrected chi connectivity index (χ0v) is 13.8. The van der Waals surface area contributed by atoms with Crippen LogP contribution >= 0.6 is 0 Å². The highest BCUT2D eigenvalue weighted by Gasteiger charge is 2.49. The molecule has 2 aliphatic rings. The van der Waals surface area contributed by atoms with Gasteiger partial charge in [-0.15, -0.1) is 0 Å². The van der Waals surface area contributed by atoms with Crippen LogP contribution in [0.3, 0.4) is 0 Å². The fourth-order valence-electron chi connectivity index (χ4n) is 2.77. The topological polar surface area (TPSA) is 113 Å². The molecule has 8 nitrogen and oxygen atoms in total. The van der Waals surface area contributed by atoms with Crippen molar-refractivity contribution < 1.29 is 40.5 Å². The summed E-state index contributed by atoms with van der Waals surface area (Å²) in [6.07, 6.45) is 1.16. The highest BCUT2D eigenvalue weighted by molar-refractivity contribution is 7.87. The lowest BCUT2D eigenvalue weighted by Gasteiger charge is -2.26. The number of amides is 2. The minimum atomic E-state index is -5.70. The van der Waals surface area contributed by atoms with Crippen LogP contribution in [0.25, 0.3) is 0 Å². The third-order valence-corrected chi connectivity index (χ3v) is 5.02. The largest absolute Gasteiger partial charge is 0.534 e. The zero-order valence-electron chi connectivity index (χ0n) is 13.0. The van der Waals surface area contributed by atoms with Gasteiger partial charge in [-0.25, -0.2) is 4.79 Å². The summed E-state index contributed by atoms with van der Waals surface area (Å²) in [6, 6.07) is -1.21. The van der Waals surface area contributed by atoms with Crippen molar-refractivity contribution >= 4 is 22.1 Å². The van der Waals surface area contributed by atoms with Crippen molar-refractivity contribution in [3.8, 4) is 0 Å². The Morgan fingerprint density at radius 2 is 2.00 bits per heavy atom. The third-order valence-electron chi connectivity index (χ3n) is 4.02. The normalized spacial score (nSPS) is 24.6. The first-order chi connectivity index (χ1) is 11.5. The van der Waals surface area contributed by atoms with Crippen LogP contribution in [0, 0.1) is 0 Å². The van der Waals surface area contributed by atoms with E-state index in [0.29, 0.717) is 12.8 Å². The molecule has 2 N–H and O–H groups in total. The molecule has 2 amide bonds. The van der Waals surface area contributed by atoms with E-state index in [1.807, 2.05) is 0 Å². The number of halogens is 3. The number of carboxylic acid groups (broad SMARTS) is 1. The molecule has 12 heteroatoms. The molecule has 0 aromatic rings. The number of likely N-dealkylation sites (tertiary alicyclic amines) is 1. The van der Waals surface area contributed by atoms with Crippen molar-refractivity contribution in [2.45, 2.75) is 49.7 Å². The number of nitrogens with one attached hydrogen (secondary N) is 1. The van der Waals surface area contributed by atoms with Gasteiger partial charge in [0.15, 0.2) is 0 Å². The summed E-state index contributed by atoms with van der Waals surface area (Å²) < 4.78 is 62.7. The van der Waals surface area contributed by atoms with Crippen LogP contribution in [-0.4, -0.2) is 54.6 Å². The van der Waals surface area contributed by atoms with Crippen molar-refractivity contribution in [3.63, 3.8) is 0 Å². The minimum Gasteiger partial charge on any atom is -0.465 e. The van der Waals surface area contributed by atoms with Crippen molar-refractivity contribution in [1.82, 2.24) is 10.2 Å². The number of alkyl halides is 3. The summed E-state index contributed by atoms with van der Waals surface area (Å²) in [5.74, 6) is -0.790. The molecular weight excluding hydrogens is 369 g/mol. The average molecular weight is 386 g/mol. The van der Waals surface area contributed by atoms with Crippen LogP contribution in [0.1, 0.15) is 32.1 Å². The molecule has 0 aromatic carbocycles. The number of carbonyl (C=O) groups excluding carboxylic acids is 1. The van der Waals surface area contributed by atoms with Crippen molar-refractivity contribution in [1.29, 1.82) is 0 Å². The summed E-state index contributed by atoms with van der Waals surface area (Å²) in [4.78, 5) is 24.2. The van der Waals surface area contributed by atoms with E-state index in [0.717, 1.165) is 4.90 Å². The van der Waals surface area contributed by atoms with Crippen LogP contribution < -0.4 is 5.32 Å². The Morgan fingerprint density at radius 1 is 1.32 bits per heavy atom. The SMILES string of the molecule is O=C(NC1CC=C(OS(=O)(=O)C(F)(F)F)CC1)C1CCCN1C(=O)O. The van der Waals surface area contributed by atoms with E-state index in [2.05, 4.69) is 9.50 Å². The molecule has 142 valence electrons. The fourth-order valence-corrected chi connectivity index (χ4v) is 3.30. The third kappa shape index (κ3) is 4.55. The van der Waals surface area contributed by atoms with Gasteiger partial charge in [0.05, 0.1) is 0 Å². The Morgan fingerprint density at radius 3 is 2.52 bits per heavy atom. The molecule has 0 bridgehead atoms. The Balaban J connectivity index is 1.90. The van der Waals surface area contributed by atoms with Crippen LogP contribution in [0.5, 0.6) is 0 Å². The Hall–Kier alpha value is -1.98. The van der Waals surface area contributed by atoms with E-state index in [9.17, 15) is 31.2 Å². The Labute approximate surface area is 141 Å². The number of hydrogen-bond donors (Lipinski definition) is 2. The Kier molecular flexibility index (Phi) is 5.49. The molecule has 1 fully saturated rings. The quantitative estimate of drug-likeness (QED) is 0.560. The van der Waals surface area contributed by atoms with Crippen molar-refractivity contribution in [2.24, 2.45) is 0 Å². The lowest BCUT2D eigenvalue weighted by Crippen LogP contribution is -2.48.